The van der Waals surface area contributed by atoms with Crippen LogP contribution in [-0.4, -0.2) is 30.7 Å². The Morgan fingerprint density at radius 3 is 2.73 bits per heavy atom. The molecule has 0 aliphatic heterocycles. The van der Waals surface area contributed by atoms with Gasteiger partial charge in [0.05, 0.1) is 19.8 Å². The molecule has 0 saturated carbocycles. The van der Waals surface area contributed by atoms with Crippen molar-refractivity contribution < 1.29 is 14.4 Å². The van der Waals surface area contributed by atoms with Gasteiger partial charge in [-0.25, -0.2) is 4.98 Å². The molecule has 0 aliphatic rings. The van der Waals surface area contributed by atoms with Gasteiger partial charge in [-0.2, -0.15) is 0 Å². The van der Waals surface area contributed by atoms with Gasteiger partial charge in [-0.05, 0) is 6.07 Å². The van der Waals surface area contributed by atoms with Crippen LogP contribution in [0.1, 0.15) is 5.56 Å². The second-order valence-electron chi connectivity index (χ2n) is 2.81. The van der Waals surface area contributed by atoms with E-state index in [4.69, 9.17) is 9.47 Å². The van der Waals surface area contributed by atoms with Gasteiger partial charge in [-0.1, -0.05) is 0 Å². The van der Waals surface area contributed by atoms with Crippen molar-refractivity contribution in [3.05, 3.63) is 27.9 Å². The van der Waals surface area contributed by atoms with E-state index in [1.54, 1.807) is 6.07 Å². The normalized spacial score (nSPS) is 9.73. The molecule has 0 bridgehead atoms. The lowest BCUT2D eigenvalue weighted by Crippen LogP contribution is -2.07. The number of hydrogen-bond acceptors (Lipinski definition) is 5. The summed E-state index contributed by atoms with van der Waals surface area (Å²) in [5, 5.41) is 10.3. The zero-order chi connectivity index (χ0) is 11.3. The highest BCUT2D eigenvalue weighted by molar-refractivity contribution is 5.39. The minimum Gasteiger partial charge on any atom is -0.496 e. The number of nitrogens with zero attached hydrogens (tertiary/aromatic N) is 2. The van der Waals surface area contributed by atoms with Crippen molar-refractivity contribution in [2.45, 2.75) is 6.42 Å². The van der Waals surface area contributed by atoms with E-state index in [2.05, 4.69) is 4.98 Å². The summed E-state index contributed by atoms with van der Waals surface area (Å²) in [5.74, 6) is 0.930. The molecule has 1 rings (SSSR count). The van der Waals surface area contributed by atoms with E-state index in [-0.39, 0.29) is 17.9 Å². The maximum absolute atomic E-state index is 10.3. The summed E-state index contributed by atoms with van der Waals surface area (Å²) >= 11 is 0. The van der Waals surface area contributed by atoms with Crippen LogP contribution in [0.15, 0.2) is 12.3 Å². The van der Waals surface area contributed by atoms with E-state index in [0.29, 0.717) is 17.2 Å². The van der Waals surface area contributed by atoms with Gasteiger partial charge in [0.2, 0.25) is 12.4 Å². The molecule has 1 heterocycles. The van der Waals surface area contributed by atoms with Crippen molar-refractivity contribution in [2.75, 3.05) is 20.8 Å². The Bertz CT molecular complexity index is 332. The zero-order valence-corrected chi connectivity index (χ0v) is 8.60. The first-order valence-corrected chi connectivity index (χ1v) is 4.36. The number of rotatable bonds is 5. The van der Waals surface area contributed by atoms with E-state index in [9.17, 15) is 10.1 Å². The number of aromatic nitrogens is 1. The molecule has 0 spiro atoms. The molecular formula is C9H12N2O4. The highest BCUT2D eigenvalue weighted by atomic mass is 16.6. The smallest absolute Gasteiger partial charge is 0.220 e. The SMILES string of the molecule is COc1ccnc(OC)c1CC[N+](=O)[O-]. The molecule has 0 atom stereocenters. The summed E-state index contributed by atoms with van der Waals surface area (Å²) in [5.41, 5.74) is 0.624. The molecule has 15 heavy (non-hydrogen) atoms. The summed E-state index contributed by atoms with van der Waals surface area (Å²) in [7, 11) is 2.97. The van der Waals surface area contributed by atoms with Crippen LogP contribution in [0.5, 0.6) is 11.6 Å². The fourth-order valence-corrected chi connectivity index (χ4v) is 1.26. The minimum absolute atomic E-state index is 0.168. The van der Waals surface area contributed by atoms with E-state index >= 15 is 0 Å². The minimum atomic E-state index is -0.383. The standard InChI is InChI=1S/C9H12N2O4/c1-14-8-3-5-10-9(15-2)7(8)4-6-11(12)13/h3,5H,4,6H2,1-2H3. The molecule has 6 nitrogen and oxygen atoms in total. The molecule has 1 aromatic heterocycles. The first-order valence-electron chi connectivity index (χ1n) is 4.36. The molecule has 0 radical (unpaired) electrons. The van der Waals surface area contributed by atoms with Crippen molar-refractivity contribution >= 4 is 0 Å². The molecule has 0 fully saturated rings. The van der Waals surface area contributed by atoms with Gasteiger partial charge in [-0.15, -0.1) is 0 Å². The van der Waals surface area contributed by atoms with Gasteiger partial charge in [-0.3, -0.25) is 10.1 Å². The monoisotopic (exact) mass is 212 g/mol. The largest absolute Gasteiger partial charge is 0.496 e. The van der Waals surface area contributed by atoms with Crippen molar-refractivity contribution in [1.29, 1.82) is 0 Å². The molecule has 0 N–H and O–H groups in total. The third-order valence-electron chi connectivity index (χ3n) is 1.93. The second kappa shape index (κ2) is 5.14. The molecule has 0 aliphatic carbocycles. The van der Waals surface area contributed by atoms with Crippen molar-refractivity contribution in [3.8, 4) is 11.6 Å². The predicted octanol–water partition coefficient (Wildman–Crippen LogP) is 0.918. The average molecular weight is 212 g/mol. The van der Waals surface area contributed by atoms with Crippen LogP contribution in [0.25, 0.3) is 0 Å². The zero-order valence-electron chi connectivity index (χ0n) is 8.60. The van der Waals surface area contributed by atoms with E-state index in [0.717, 1.165) is 0 Å². The van der Waals surface area contributed by atoms with Gasteiger partial charge in [0.1, 0.15) is 5.75 Å². The van der Waals surface area contributed by atoms with E-state index in [1.807, 2.05) is 0 Å². The van der Waals surface area contributed by atoms with Crippen molar-refractivity contribution in [1.82, 2.24) is 4.98 Å². The van der Waals surface area contributed by atoms with Gasteiger partial charge in [0.15, 0.2) is 0 Å². The van der Waals surface area contributed by atoms with Crippen LogP contribution in [0.2, 0.25) is 0 Å². The van der Waals surface area contributed by atoms with Gasteiger partial charge in [0, 0.05) is 17.5 Å². The summed E-state index contributed by atoms with van der Waals surface area (Å²) in [6.45, 7) is -0.168. The lowest BCUT2D eigenvalue weighted by atomic mass is 10.2. The molecule has 0 unspecified atom stereocenters. The van der Waals surface area contributed by atoms with Gasteiger partial charge >= 0.3 is 0 Å². The first kappa shape index (κ1) is 11.2. The van der Waals surface area contributed by atoms with E-state index < -0.39 is 0 Å². The fraction of sp³-hybridized carbons (Fsp3) is 0.444. The van der Waals surface area contributed by atoms with Crippen LogP contribution in [-0.2, 0) is 6.42 Å². The fourth-order valence-electron chi connectivity index (χ4n) is 1.26. The molecule has 1 aromatic rings. The third kappa shape index (κ3) is 2.80. The molecule has 6 heteroatoms. The van der Waals surface area contributed by atoms with Crippen molar-refractivity contribution in [3.63, 3.8) is 0 Å². The molecule has 0 amide bonds. The number of nitro groups is 1. The molecule has 0 saturated heterocycles. The summed E-state index contributed by atoms with van der Waals surface area (Å²) in [6, 6.07) is 1.65. The number of pyridine rings is 1. The highest BCUT2D eigenvalue weighted by Gasteiger charge is 2.13. The van der Waals surface area contributed by atoms with Crippen molar-refractivity contribution in [2.24, 2.45) is 0 Å². The lowest BCUT2D eigenvalue weighted by molar-refractivity contribution is -0.479. The van der Waals surface area contributed by atoms with Gasteiger partial charge in [0.25, 0.3) is 0 Å². The Morgan fingerprint density at radius 2 is 2.20 bits per heavy atom. The van der Waals surface area contributed by atoms with Crippen LogP contribution in [0, 0.1) is 10.1 Å². The Kier molecular flexibility index (Phi) is 3.84. The lowest BCUT2D eigenvalue weighted by Gasteiger charge is -2.09. The maximum atomic E-state index is 10.3. The predicted molar refractivity (Wildman–Crippen MR) is 52.9 cm³/mol. The average Bonchev–Trinajstić information content (AvgIpc) is 2.25. The Hall–Kier alpha value is -1.85. The van der Waals surface area contributed by atoms with Gasteiger partial charge < -0.3 is 9.47 Å². The number of ether oxygens (including phenoxy) is 2. The Labute approximate surface area is 87.0 Å². The topological polar surface area (TPSA) is 74.5 Å². The molecular weight excluding hydrogens is 200 g/mol. The maximum Gasteiger partial charge on any atom is 0.220 e. The summed E-state index contributed by atoms with van der Waals surface area (Å²) in [6.07, 6.45) is 1.78. The van der Waals surface area contributed by atoms with Crippen LogP contribution in [0.4, 0.5) is 0 Å². The molecule has 82 valence electrons. The first-order chi connectivity index (χ1) is 7.19. The Morgan fingerprint density at radius 1 is 1.47 bits per heavy atom. The summed E-state index contributed by atoms with van der Waals surface area (Å²) < 4.78 is 10.1. The van der Waals surface area contributed by atoms with Crippen LogP contribution >= 0.6 is 0 Å². The third-order valence-corrected chi connectivity index (χ3v) is 1.93. The van der Waals surface area contributed by atoms with Crippen LogP contribution in [0.3, 0.4) is 0 Å². The quantitative estimate of drug-likeness (QED) is 0.536. The number of methoxy groups -OCH3 is 2. The van der Waals surface area contributed by atoms with Crippen LogP contribution < -0.4 is 9.47 Å². The highest BCUT2D eigenvalue weighted by Crippen LogP contribution is 2.25. The second-order valence-corrected chi connectivity index (χ2v) is 2.81. The molecule has 0 aromatic carbocycles. The van der Waals surface area contributed by atoms with E-state index in [1.165, 1.54) is 20.4 Å². The number of hydrogen-bond donors (Lipinski definition) is 0. The Balaban J connectivity index is 2.94. The summed E-state index contributed by atoms with van der Waals surface area (Å²) in [4.78, 5) is 13.9.